The molecule has 0 saturated carbocycles. The average molecular weight is 344 g/mol. The number of carbonyl (C=O) groups is 1. The van der Waals surface area contributed by atoms with Gasteiger partial charge in [-0.15, -0.1) is 0 Å². The normalized spacial score (nSPS) is 11.9. The number of aliphatic imine (C=N–C) groups is 1. The van der Waals surface area contributed by atoms with Crippen molar-refractivity contribution in [2.45, 2.75) is 18.4 Å². The summed E-state index contributed by atoms with van der Waals surface area (Å²) >= 11 is 6.06. The maximum Gasteiger partial charge on any atom is 0.337 e. The van der Waals surface area contributed by atoms with Crippen molar-refractivity contribution in [2.75, 3.05) is 13.3 Å². The molecule has 118 valence electrons. The lowest BCUT2D eigenvalue weighted by atomic mass is 10.1. The van der Waals surface area contributed by atoms with Crippen LogP contribution in [0.1, 0.15) is 22.8 Å². The van der Waals surface area contributed by atoms with Crippen LogP contribution in [0.3, 0.4) is 0 Å². The maximum atomic E-state index is 11.9. The minimum atomic E-state index is -3.59. The molecule has 0 unspecified atom stereocenters. The molecule has 9 heteroatoms. The molecule has 0 heterocycles. The van der Waals surface area contributed by atoms with Gasteiger partial charge in [-0.3, -0.25) is 0 Å². The molecule has 0 aromatic heterocycles. The van der Waals surface area contributed by atoms with Gasteiger partial charge in [0.1, 0.15) is 5.84 Å². The summed E-state index contributed by atoms with van der Waals surface area (Å²) in [5, 5.41) is 17.5. The molecule has 7 nitrogen and oxygen atoms in total. The standard InChI is InChI=1S/C13H14ClN3O4S/c1-8(16-7-15)17(2)6-10-11(22(3,20)21)5-4-9(12(10)14)13(18)19/h4-5H,6H2,1-3H3,(H,18,19)/b16-8-. The lowest BCUT2D eigenvalue weighted by molar-refractivity contribution is 0.0696. The van der Waals surface area contributed by atoms with Crippen LogP contribution in [0.2, 0.25) is 5.02 Å². The topological polar surface area (TPSA) is 111 Å². The zero-order chi connectivity index (χ0) is 17.1. The number of sulfone groups is 1. The van der Waals surface area contributed by atoms with Gasteiger partial charge in [0.25, 0.3) is 0 Å². The summed E-state index contributed by atoms with van der Waals surface area (Å²) in [5.74, 6) is -0.907. The fourth-order valence-corrected chi connectivity index (χ4v) is 3.06. The van der Waals surface area contributed by atoms with Gasteiger partial charge in [0.05, 0.1) is 15.5 Å². The van der Waals surface area contributed by atoms with E-state index in [4.69, 9.17) is 22.0 Å². The number of amidine groups is 1. The molecule has 1 rings (SSSR count). The Morgan fingerprint density at radius 3 is 2.55 bits per heavy atom. The highest BCUT2D eigenvalue weighted by Crippen LogP contribution is 2.29. The molecular weight excluding hydrogens is 330 g/mol. The Labute approximate surface area is 133 Å². The van der Waals surface area contributed by atoms with Crippen molar-refractivity contribution in [2.24, 2.45) is 4.99 Å². The van der Waals surface area contributed by atoms with E-state index in [9.17, 15) is 13.2 Å². The van der Waals surface area contributed by atoms with Gasteiger partial charge in [-0.25, -0.2) is 13.2 Å². The zero-order valence-corrected chi connectivity index (χ0v) is 13.7. The molecule has 0 bridgehead atoms. The predicted octanol–water partition coefficient (Wildman–Crippen LogP) is 1.77. The van der Waals surface area contributed by atoms with Crippen molar-refractivity contribution in [1.82, 2.24) is 4.90 Å². The summed E-state index contributed by atoms with van der Waals surface area (Å²) in [6.07, 6.45) is 2.64. The smallest absolute Gasteiger partial charge is 0.337 e. The molecular formula is C13H14ClN3O4S. The highest BCUT2D eigenvalue weighted by Gasteiger charge is 2.22. The van der Waals surface area contributed by atoms with Crippen LogP contribution in [0.15, 0.2) is 22.0 Å². The molecule has 1 aromatic rings. The number of carboxylic acids is 1. The fraction of sp³-hybridized carbons (Fsp3) is 0.308. The monoisotopic (exact) mass is 343 g/mol. The molecule has 0 aliphatic carbocycles. The molecule has 0 fully saturated rings. The first-order valence-electron chi connectivity index (χ1n) is 5.98. The first-order valence-corrected chi connectivity index (χ1v) is 8.25. The van der Waals surface area contributed by atoms with Gasteiger partial charge < -0.3 is 10.0 Å². The second-order valence-corrected chi connectivity index (χ2v) is 6.96. The van der Waals surface area contributed by atoms with Gasteiger partial charge in [0.2, 0.25) is 6.19 Å². The Kier molecular flexibility index (Phi) is 5.52. The fourth-order valence-electron chi connectivity index (χ4n) is 1.77. The molecule has 1 N–H and O–H groups in total. The number of hydrogen-bond acceptors (Lipinski definition) is 5. The van der Waals surface area contributed by atoms with Crippen LogP contribution in [-0.2, 0) is 16.4 Å². The number of benzene rings is 1. The molecule has 0 aliphatic heterocycles. The SMILES string of the molecule is C/C(=N/C#N)N(C)Cc1c(S(C)(=O)=O)ccc(C(=O)O)c1Cl. The second-order valence-electron chi connectivity index (χ2n) is 4.60. The van der Waals surface area contributed by atoms with E-state index in [0.29, 0.717) is 5.84 Å². The Balaban J connectivity index is 3.49. The van der Waals surface area contributed by atoms with Crippen LogP contribution in [0.4, 0.5) is 0 Å². The van der Waals surface area contributed by atoms with Crippen LogP contribution >= 0.6 is 11.6 Å². The Hall–Kier alpha value is -2.11. The first kappa shape index (κ1) is 17.9. The molecule has 1 aromatic carbocycles. The number of nitrogens with zero attached hydrogens (tertiary/aromatic N) is 3. The van der Waals surface area contributed by atoms with Gasteiger partial charge in [-0.2, -0.15) is 10.3 Å². The zero-order valence-electron chi connectivity index (χ0n) is 12.2. The van der Waals surface area contributed by atoms with E-state index in [-0.39, 0.29) is 27.6 Å². The average Bonchev–Trinajstić information content (AvgIpc) is 2.39. The highest BCUT2D eigenvalue weighted by atomic mass is 35.5. The summed E-state index contributed by atoms with van der Waals surface area (Å²) < 4.78 is 23.7. The van der Waals surface area contributed by atoms with Crippen LogP contribution in [0.25, 0.3) is 0 Å². The van der Waals surface area contributed by atoms with Gasteiger partial charge in [-0.1, -0.05) is 11.6 Å². The minimum absolute atomic E-state index is 0.000625. The summed E-state index contributed by atoms with van der Waals surface area (Å²) in [6, 6.07) is 2.37. The molecule has 0 radical (unpaired) electrons. The predicted molar refractivity (Wildman–Crippen MR) is 81.7 cm³/mol. The number of nitriles is 1. The summed E-state index contributed by atoms with van der Waals surface area (Å²) in [5.41, 5.74) is -0.0357. The van der Waals surface area contributed by atoms with E-state index in [2.05, 4.69) is 4.99 Å². The first-order chi connectivity index (χ1) is 10.1. The van der Waals surface area contributed by atoms with Crippen LogP contribution in [-0.4, -0.2) is 43.5 Å². The van der Waals surface area contributed by atoms with Gasteiger partial charge in [-0.05, 0) is 19.1 Å². The van der Waals surface area contributed by atoms with Crippen molar-refractivity contribution in [3.8, 4) is 6.19 Å². The molecule has 0 aliphatic rings. The molecule has 22 heavy (non-hydrogen) atoms. The summed E-state index contributed by atoms with van der Waals surface area (Å²) in [4.78, 5) is 16.1. The Morgan fingerprint density at radius 1 is 1.50 bits per heavy atom. The van der Waals surface area contributed by atoms with E-state index >= 15 is 0 Å². The van der Waals surface area contributed by atoms with E-state index < -0.39 is 15.8 Å². The molecule has 0 spiro atoms. The quantitative estimate of drug-likeness (QED) is 0.506. The van der Waals surface area contributed by atoms with E-state index in [1.807, 2.05) is 0 Å². The molecule has 0 amide bonds. The number of aromatic carboxylic acids is 1. The van der Waals surface area contributed by atoms with Crippen molar-refractivity contribution >= 4 is 33.2 Å². The van der Waals surface area contributed by atoms with Crippen molar-refractivity contribution in [3.63, 3.8) is 0 Å². The number of halogens is 1. The van der Waals surface area contributed by atoms with E-state index in [0.717, 1.165) is 12.3 Å². The Bertz CT molecular complexity index is 781. The van der Waals surface area contributed by atoms with Gasteiger partial charge >= 0.3 is 5.97 Å². The maximum absolute atomic E-state index is 11.9. The second kappa shape index (κ2) is 6.77. The van der Waals surface area contributed by atoms with Crippen molar-refractivity contribution in [1.29, 1.82) is 5.26 Å². The van der Waals surface area contributed by atoms with Crippen molar-refractivity contribution < 1.29 is 18.3 Å². The lowest BCUT2D eigenvalue weighted by Gasteiger charge is -2.21. The van der Waals surface area contributed by atoms with Crippen LogP contribution in [0, 0.1) is 11.5 Å². The number of carboxylic acid groups (broad SMARTS) is 1. The third-order valence-corrected chi connectivity index (χ3v) is 4.60. The highest BCUT2D eigenvalue weighted by molar-refractivity contribution is 7.90. The van der Waals surface area contributed by atoms with Gasteiger partial charge in [0.15, 0.2) is 9.84 Å². The van der Waals surface area contributed by atoms with Crippen LogP contribution < -0.4 is 0 Å². The van der Waals surface area contributed by atoms with E-state index in [1.54, 1.807) is 20.2 Å². The molecule has 0 saturated heterocycles. The van der Waals surface area contributed by atoms with Crippen LogP contribution in [0.5, 0.6) is 0 Å². The van der Waals surface area contributed by atoms with Gasteiger partial charge in [0, 0.05) is 25.4 Å². The largest absolute Gasteiger partial charge is 0.478 e. The molecule has 0 atom stereocenters. The summed E-state index contributed by atoms with van der Waals surface area (Å²) in [6.45, 7) is 1.57. The van der Waals surface area contributed by atoms with Crippen molar-refractivity contribution in [3.05, 3.63) is 28.3 Å². The minimum Gasteiger partial charge on any atom is -0.478 e. The summed E-state index contributed by atoms with van der Waals surface area (Å²) in [7, 11) is -2.00. The number of rotatable bonds is 4. The Morgan fingerprint density at radius 2 is 2.09 bits per heavy atom. The third-order valence-electron chi connectivity index (χ3n) is 2.99. The van der Waals surface area contributed by atoms with E-state index in [1.165, 1.54) is 11.0 Å². The third kappa shape index (κ3) is 3.96. The number of hydrogen-bond donors (Lipinski definition) is 1. The lowest BCUT2D eigenvalue weighted by Crippen LogP contribution is -2.25.